The standard InChI is InChI=1S/C20H24N4O3/c25-18-7-6-17(12-19(18)26)13-21-22-20(27)15-24-10-8-23(9-11-24)14-16-4-2-1-3-5-16/h1-7,12-13,25-26H,8-11,14-15H2,(H,22,27). The number of hydrogen-bond acceptors (Lipinski definition) is 6. The van der Waals surface area contributed by atoms with E-state index in [-0.39, 0.29) is 17.4 Å². The average Bonchev–Trinajstić information content (AvgIpc) is 2.67. The molecule has 2 aromatic rings. The minimum absolute atomic E-state index is 0.175. The van der Waals surface area contributed by atoms with E-state index in [9.17, 15) is 15.0 Å². The SMILES string of the molecule is O=C(CN1CCN(Cc2ccccc2)CC1)NN=Cc1ccc(O)c(O)c1. The number of benzene rings is 2. The van der Waals surface area contributed by atoms with Crippen molar-refractivity contribution >= 4 is 12.1 Å². The van der Waals surface area contributed by atoms with Gasteiger partial charge in [-0.25, -0.2) is 5.43 Å². The van der Waals surface area contributed by atoms with Gasteiger partial charge in [-0.15, -0.1) is 0 Å². The molecule has 1 fully saturated rings. The summed E-state index contributed by atoms with van der Waals surface area (Å²) in [4.78, 5) is 16.5. The smallest absolute Gasteiger partial charge is 0.254 e. The van der Waals surface area contributed by atoms with Gasteiger partial charge in [-0.2, -0.15) is 5.10 Å². The molecule has 0 atom stereocenters. The molecule has 3 N–H and O–H groups in total. The molecule has 0 aromatic heterocycles. The first-order chi connectivity index (χ1) is 13.1. The van der Waals surface area contributed by atoms with Gasteiger partial charge in [0.05, 0.1) is 12.8 Å². The number of phenols is 2. The van der Waals surface area contributed by atoms with Crippen LogP contribution >= 0.6 is 0 Å². The molecule has 0 spiro atoms. The molecule has 1 heterocycles. The zero-order valence-corrected chi connectivity index (χ0v) is 15.1. The Morgan fingerprint density at radius 1 is 1.00 bits per heavy atom. The molecule has 7 heteroatoms. The highest BCUT2D eigenvalue weighted by Crippen LogP contribution is 2.23. The summed E-state index contributed by atoms with van der Waals surface area (Å²) in [6.45, 7) is 4.78. The van der Waals surface area contributed by atoms with Crippen molar-refractivity contribution < 1.29 is 15.0 Å². The third-order valence-electron chi connectivity index (χ3n) is 4.48. The number of nitrogens with zero attached hydrogens (tertiary/aromatic N) is 3. The molecular formula is C20H24N4O3. The third kappa shape index (κ3) is 5.80. The molecule has 0 radical (unpaired) electrons. The molecule has 0 unspecified atom stereocenters. The van der Waals surface area contributed by atoms with E-state index in [0.717, 1.165) is 32.7 Å². The second-order valence-electron chi connectivity index (χ2n) is 6.58. The number of aromatic hydroxyl groups is 2. The van der Waals surface area contributed by atoms with Crippen LogP contribution in [0.4, 0.5) is 0 Å². The normalized spacial score (nSPS) is 15.9. The molecule has 3 rings (SSSR count). The first-order valence-corrected chi connectivity index (χ1v) is 8.93. The van der Waals surface area contributed by atoms with E-state index >= 15 is 0 Å². The molecule has 142 valence electrons. The highest BCUT2D eigenvalue weighted by molar-refractivity contribution is 5.83. The fourth-order valence-corrected chi connectivity index (χ4v) is 2.99. The van der Waals surface area contributed by atoms with Crippen LogP contribution in [0.2, 0.25) is 0 Å². The molecule has 0 aliphatic carbocycles. The fraction of sp³-hybridized carbons (Fsp3) is 0.300. The van der Waals surface area contributed by atoms with Crippen molar-refractivity contribution in [1.29, 1.82) is 0 Å². The van der Waals surface area contributed by atoms with E-state index in [2.05, 4.69) is 44.6 Å². The van der Waals surface area contributed by atoms with Gasteiger partial charge in [0.15, 0.2) is 11.5 Å². The van der Waals surface area contributed by atoms with Crippen molar-refractivity contribution in [3.05, 3.63) is 59.7 Å². The Morgan fingerprint density at radius 3 is 2.41 bits per heavy atom. The lowest BCUT2D eigenvalue weighted by Crippen LogP contribution is -2.48. The van der Waals surface area contributed by atoms with Crippen LogP contribution in [-0.4, -0.2) is 64.9 Å². The van der Waals surface area contributed by atoms with E-state index < -0.39 is 0 Å². The lowest BCUT2D eigenvalue weighted by atomic mass is 10.2. The molecule has 1 aliphatic rings. The number of carbonyl (C=O) groups is 1. The summed E-state index contributed by atoms with van der Waals surface area (Å²) in [5.74, 6) is -0.591. The lowest BCUT2D eigenvalue weighted by molar-refractivity contribution is -0.122. The van der Waals surface area contributed by atoms with Crippen molar-refractivity contribution in [2.24, 2.45) is 5.10 Å². The van der Waals surface area contributed by atoms with Gasteiger partial charge in [0.25, 0.3) is 5.91 Å². The summed E-state index contributed by atoms with van der Waals surface area (Å²) in [6, 6.07) is 14.7. The zero-order chi connectivity index (χ0) is 19.1. The van der Waals surface area contributed by atoms with Crippen LogP contribution in [0.5, 0.6) is 11.5 Å². The summed E-state index contributed by atoms with van der Waals surface area (Å²) in [5, 5.41) is 22.6. The molecule has 2 aromatic carbocycles. The predicted octanol–water partition coefficient (Wildman–Crippen LogP) is 1.37. The maximum absolute atomic E-state index is 12.0. The van der Waals surface area contributed by atoms with Crippen LogP contribution in [0, 0.1) is 0 Å². The first-order valence-electron chi connectivity index (χ1n) is 8.93. The molecule has 1 saturated heterocycles. The van der Waals surface area contributed by atoms with Crippen LogP contribution in [0.1, 0.15) is 11.1 Å². The number of carbonyl (C=O) groups excluding carboxylic acids is 1. The van der Waals surface area contributed by atoms with E-state index in [1.807, 2.05) is 6.07 Å². The molecule has 1 aliphatic heterocycles. The van der Waals surface area contributed by atoms with Crippen LogP contribution < -0.4 is 5.43 Å². The van der Waals surface area contributed by atoms with E-state index in [1.165, 1.54) is 23.9 Å². The number of rotatable bonds is 6. The number of hydrazone groups is 1. The first kappa shape index (κ1) is 18.9. The van der Waals surface area contributed by atoms with Gasteiger partial charge in [0.1, 0.15) is 0 Å². The Balaban J connectivity index is 1.39. The number of amides is 1. The lowest BCUT2D eigenvalue weighted by Gasteiger charge is -2.34. The highest BCUT2D eigenvalue weighted by Gasteiger charge is 2.18. The topological polar surface area (TPSA) is 88.4 Å². The van der Waals surface area contributed by atoms with E-state index in [0.29, 0.717) is 12.1 Å². The molecule has 27 heavy (non-hydrogen) atoms. The zero-order valence-electron chi connectivity index (χ0n) is 15.1. The van der Waals surface area contributed by atoms with Gasteiger partial charge in [-0.3, -0.25) is 14.6 Å². The summed E-state index contributed by atoms with van der Waals surface area (Å²) in [7, 11) is 0. The Hall–Kier alpha value is -2.90. The van der Waals surface area contributed by atoms with Gasteiger partial charge in [-0.05, 0) is 29.3 Å². The quantitative estimate of drug-likeness (QED) is 0.407. The van der Waals surface area contributed by atoms with Gasteiger partial charge in [0.2, 0.25) is 0 Å². The number of nitrogens with one attached hydrogen (secondary N) is 1. The van der Waals surface area contributed by atoms with Crippen molar-refractivity contribution in [2.75, 3.05) is 32.7 Å². The average molecular weight is 368 g/mol. The number of piperazine rings is 1. The monoisotopic (exact) mass is 368 g/mol. The Morgan fingerprint density at radius 2 is 1.70 bits per heavy atom. The largest absolute Gasteiger partial charge is 0.504 e. The minimum atomic E-state index is -0.223. The molecule has 7 nitrogen and oxygen atoms in total. The molecule has 0 bridgehead atoms. The Labute approximate surface area is 158 Å². The Bertz CT molecular complexity index is 787. The Kier molecular flexibility index (Phi) is 6.40. The van der Waals surface area contributed by atoms with Gasteiger partial charge >= 0.3 is 0 Å². The van der Waals surface area contributed by atoms with Crippen LogP contribution in [0.25, 0.3) is 0 Å². The van der Waals surface area contributed by atoms with E-state index in [1.54, 1.807) is 6.07 Å². The maximum atomic E-state index is 12.0. The number of phenolic OH excluding ortho intramolecular Hbond substituents is 2. The van der Waals surface area contributed by atoms with Gasteiger partial charge in [0, 0.05) is 32.7 Å². The predicted molar refractivity (Wildman–Crippen MR) is 104 cm³/mol. The molecule has 0 saturated carbocycles. The van der Waals surface area contributed by atoms with Gasteiger partial charge in [-0.1, -0.05) is 30.3 Å². The third-order valence-corrected chi connectivity index (χ3v) is 4.48. The number of hydrogen-bond donors (Lipinski definition) is 3. The summed E-state index contributed by atoms with van der Waals surface area (Å²) >= 11 is 0. The van der Waals surface area contributed by atoms with Crippen LogP contribution in [0.15, 0.2) is 53.6 Å². The van der Waals surface area contributed by atoms with Crippen molar-refractivity contribution in [3.8, 4) is 11.5 Å². The van der Waals surface area contributed by atoms with Gasteiger partial charge < -0.3 is 10.2 Å². The summed E-state index contributed by atoms with van der Waals surface area (Å²) in [5.41, 5.74) is 4.38. The van der Waals surface area contributed by atoms with Crippen molar-refractivity contribution in [2.45, 2.75) is 6.54 Å². The summed E-state index contributed by atoms with van der Waals surface area (Å²) in [6.07, 6.45) is 1.43. The van der Waals surface area contributed by atoms with E-state index in [4.69, 9.17) is 0 Å². The van der Waals surface area contributed by atoms with Crippen molar-refractivity contribution in [1.82, 2.24) is 15.2 Å². The fourth-order valence-electron chi connectivity index (χ4n) is 2.99. The molecular weight excluding hydrogens is 344 g/mol. The molecule has 1 amide bonds. The second-order valence-corrected chi connectivity index (χ2v) is 6.58. The second kappa shape index (κ2) is 9.16. The summed E-state index contributed by atoms with van der Waals surface area (Å²) < 4.78 is 0. The van der Waals surface area contributed by atoms with Crippen molar-refractivity contribution in [3.63, 3.8) is 0 Å². The van der Waals surface area contributed by atoms with Crippen LogP contribution in [0.3, 0.4) is 0 Å². The minimum Gasteiger partial charge on any atom is -0.504 e. The van der Waals surface area contributed by atoms with Crippen LogP contribution in [-0.2, 0) is 11.3 Å². The highest BCUT2D eigenvalue weighted by atomic mass is 16.3. The maximum Gasteiger partial charge on any atom is 0.254 e.